The first-order chi connectivity index (χ1) is 13.5. The second-order valence-electron chi connectivity index (χ2n) is 7.58. The van der Waals surface area contributed by atoms with Crippen molar-refractivity contribution in [3.63, 3.8) is 0 Å². The Hall–Kier alpha value is -2.82. The molecule has 2 N–H and O–H groups in total. The first-order valence-electron chi connectivity index (χ1n) is 9.71. The number of benzene rings is 2. The Morgan fingerprint density at radius 2 is 1.86 bits per heavy atom. The Morgan fingerprint density at radius 1 is 1.11 bits per heavy atom. The second kappa shape index (κ2) is 8.91. The molecule has 3 rings (SSSR count). The highest BCUT2D eigenvalue weighted by Gasteiger charge is 2.32. The molecule has 1 saturated carbocycles. The summed E-state index contributed by atoms with van der Waals surface area (Å²) in [6.45, 7) is 2.47. The van der Waals surface area contributed by atoms with Gasteiger partial charge >= 0.3 is 5.97 Å². The Labute approximate surface area is 165 Å². The molecule has 5 nitrogen and oxygen atoms in total. The van der Waals surface area contributed by atoms with Crippen molar-refractivity contribution >= 4 is 11.9 Å². The van der Waals surface area contributed by atoms with Crippen molar-refractivity contribution in [3.05, 3.63) is 64.7 Å². The van der Waals surface area contributed by atoms with E-state index in [2.05, 4.69) is 24.4 Å². The fraction of sp³-hybridized carbons (Fsp3) is 0.391. The van der Waals surface area contributed by atoms with E-state index >= 15 is 0 Å². The predicted molar refractivity (Wildman–Crippen MR) is 108 cm³/mol. The van der Waals surface area contributed by atoms with Crippen molar-refractivity contribution in [1.82, 2.24) is 5.32 Å². The molecular weight excluding hydrogens is 354 g/mol. The number of rotatable bonds is 7. The molecule has 0 radical (unpaired) electrons. The van der Waals surface area contributed by atoms with Crippen molar-refractivity contribution < 1.29 is 19.4 Å². The Bertz CT molecular complexity index is 844. The van der Waals surface area contributed by atoms with Crippen molar-refractivity contribution in [1.29, 1.82) is 0 Å². The van der Waals surface area contributed by atoms with Crippen molar-refractivity contribution in [2.24, 2.45) is 11.8 Å². The number of carbonyl (C=O) groups is 2. The average molecular weight is 381 g/mol. The lowest BCUT2D eigenvalue weighted by molar-refractivity contribution is -0.126. The SMILES string of the molecule is COc1cc(C)cc(CC2CCCC2C(=O)NCc2ccc(C(=O)O)cc2)c1. The molecule has 2 aromatic carbocycles. The van der Waals surface area contributed by atoms with Crippen LogP contribution in [0, 0.1) is 18.8 Å². The lowest BCUT2D eigenvalue weighted by Crippen LogP contribution is -2.33. The zero-order chi connectivity index (χ0) is 20.1. The second-order valence-corrected chi connectivity index (χ2v) is 7.58. The van der Waals surface area contributed by atoms with Crippen LogP contribution in [0.15, 0.2) is 42.5 Å². The van der Waals surface area contributed by atoms with Gasteiger partial charge in [-0.05, 0) is 73.1 Å². The van der Waals surface area contributed by atoms with E-state index in [9.17, 15) is 9.59 Å². The van der Waals surface area contributed by atoms with Crippen LogP contribution in [0.2, 0.25) is 0 Å². The zero-order valence-corrected chi connectivity index (χ0v) is 16.4. The molecule has 2 unspecified atom stereocenters. The fourth-order valence-corrected chi connectivity index (χ4v) is 4.07. The summed E-state index contributed by atoms with van der Waals surface area (Å²) in [4.78, 5) is 23.7. The third-order valence-corrected chi connectivity index (χ3v) is 5.51. The quantitative estimate of drug-likeness (QED) is 0.761. The topological polar surface area (TPSA) is 75.6 Å². The zero-order valence-electron chi connectivity index (χ0n) is 16.4. The van der Waals surface area contributed by atoms with Gasteiger partial charge in [-0.15, -0.1) is 0 Å². The molecule has 2 aromatic rings. The average Bonchev–Trinajstić information content (AvgIpc) is 3.14. The largest absolute Gasteiger partial charge is 0.497 e. The number of aryl methyl sites for hydroxylation is 1. The number of methoxy groups -OCH3 is 1. The maximum Gasteiger partial charge on any atom is 0.335 e. The standard InChI is InChI=1S/C23H27NO4/c1-15-10-17(13-20(11-15)28-2)12-19-4-3-5-21(19)22(25)24-14-16-6-8-18(9-7-16)23(26)27/h6-11,13,19,21H,3-5,12,14H2,1-2H3,(H,24,25)(H,26,27). The lowest BCUT2D eigenvalue weighted by atomic mass is 9.88. The normalized spacial score (nSPS) is 18.6. The van der Waals surface area contributed by atoms with Gasteiger partial charge in [0.25, 0.3) is 0 Å². The van der Waals surface area contributed by atoms with Gasteiger partial charge in [0.15, 0.2) is 0 Å². The number of carboxylic acid groups (broad SMARTS) is 1. The van der Waals surface area contributed by atoms with E-state index in [1.165, 1.54) is 5.56 Å². The summed E-state index contributed by atoms with van der Waals surface area (Å²) in [5, 5.41) is 12.0. The molecular formula is C23H27NO4. The first kappa shape index (κ1) is 19.9. The van der Waals surface area contributed by atoms with Gasteiger partial charge < -0.3 is 15.2 Å². The minimum Gasteiger partial charge on any atom is -0.497 e. The van der Waals surface area contributed by atoms with Gasteiger partial charge in [-0.1, -0.05) is 24.6 Å². The Kier molecular flexibility index (Phi) is 6.34. The molecule has 0 spiro atoms. The number of hydrogen-bond donors (Lipinski definition) is 2. The van der Waals surface area contributed by atoms with Gasteiger partial charge in [-0.2, -0.15) is 0 Å². The van der Waals surface area contributed by atoms with Crippen LogP contribution >= 0.6 is 0 Å². The number of amides is 1. The van der Waals surface area contributed by atoms with Crippen LogP contribution in [-0.4, -0.2) is 24.1 Å². The van der Waals surface area contributed by atoms with Crippen LogP contribution in [0.5, 0.6) is 5.75 Å². The minimum atomic E-state index is -0.947. The van der Waals surface area contributed by atoms with Gasteiger partial charge in [-0.3, -0.25) is 4.79 Å². The summed E-state index contributed by atoms with van der Waals surface area (Å²) < 4.78 is 5.37. The smallest absolute Gasteiger partial charge is 0.335 e. The number of nitrogens with one attached hydrogen (secondary N) is 1. The number of ether oxygens (including phenoxy) is 1. The summed E-state index contributed by atoms with van der Waals surface area (Å²) in [5.74, 6) is 0.353. The van der Waals surface area contributed by atoms with Crippen LogP contribution in [0.4, 0.5) is 0 Å². The molecule has 1 fully saturated rings. The van der Waals surface area contributed by atoms with E-state index in [-0.39, 0.29) is 17.4 Å². The van der Waals surface area contributed by atoms with Crippen LogP contribution in [-0.2, 0) is 17.8 Å². The van der Waals surface area contributed by atoms with E-state index in [0.717, 1.165) is 42.6 Å². The van der Waals surface area contributed by atoms with E-state index < -0.39 is 5.97 Å². The maximum absolute atomic E-state index is 12.8. The molecule has 0 heterocycles. The third-order valence-electron chi connectivity index (χ3n) is 5.51. The van der Waals surface area contributed by atoms with Gasteiger partial charge in [0.05, 0.1) is 12.7 Å². The summed E-state index contributed by atoms with van der Waals surface area (Å²) in [6.07, 6.45) is 3.92. The van der Waals surface area contributed by atoms with Gasteiger partial charge in [0.2, 0.25) is 5.91 Å². The molecule has 1 aliphatic rings. The third kappa shape index (κ3) is 4.91. The van der Waals surface area contributed by atoms with Crippen molar-refractivity contribution in [2.75, 3.05) is 7.11 Å². The van der Waals surface area contributed by atoms with Gasteiger partial charge in [-0.25, -0.2) is 4.79 Å². The van der Waals surface area contributed by atoms with E-state index in [4.69, 9.17) is 9.84 Å². The molecule has 1 aliphatic carbocycles. The molecule has 0 aliphatic heterocycles. The summed E-state index contributed by atoms with van der Waals surface area (Å²) in [7, 11) is 1.67. The number of carbonyl (C=O) groups excluding carboxylic acids is 1. The molecule has 0 bridgehead atoms. The highest BCUT2D eigenvalue weighted by Crippen LogP contribution is 2.35. The van der Waals surface area contributed by atoms with Crippen LogP contribution in [0.1, 0.15) is 46.3 Å². The highest BCUT2D eigenvalue weighted by molar-refractivity contribution is 5.87. The van der Waals surface area contributed by atoms with E-state index in [0.29, 0.717) is 12.5 Å². The Morgan fingerprint density at radius 3 is 2.54 bits per heavy atom. The monoisotopic (exact) mass is 381 g/mol. The summed E-state index contributed by atoms with van der Waals surface area (Å²) >= 11 is 0. The number of carboxylic acids is 1. The van der Waals surface area contributed by atoms with Crippen LogP contribution in [0.25, 0.3) is 0 Å². The fourth-order valence-electron chi connectivity index (χ4n) is 4.07. The predicted octanol–water partition coefficient (Wildman–Crippen LogP) is 3.98. The minimum absolute atomic E-state index is 0.0183. The molecule has 2 atom stereocenters. The number of aromatic carboxylic acids is 1. The first-order valence-corrected chi connectivity index (χ1v) is 9.71. The molecule has 28 heavy (non-hydrogen) atoms. The summed E-state index contributed by atoms with van der Waals surface area (Å²) in [5.41, 5.74) is 3.53. The highest BCUT2D eigenvalue weighted by atomic mass is 16.5. The van der Waals surface area contributed by atoms with Crippen molar-refractivity contribution in [3.8, 4) is 5.75 Å². The van der Waals surface area contributed by atoms with Crippen LogP contribution < -0.4 is 10.1 Å². The number of hydrogen-bond acceptors (Lipinski definition) is 3. The Balaban J connectivity index is 1.59. The van der Waals surface area contributed by atoms with Crippen molar-refractivity contribution in [2.45, 2.75) is 39.2 Å². The molecule has 0 saturated heterocycles. The summed E-state index contributed by atoms with van der Waals surface area (Å²) in [6, 6.07) is 12.9. The van der Waals surface area contributed by atoms with Crippen LogP contribution in [0.3, 0.4) is 0 Å². The molecule has 1 amide bonds. The molecule has 0 aromatic heterocycles. The maximum atomic E-state index is 12.8. The molecule has 5 heteroatoms. The van der Waals surface area contributed by atoms with E-state index in [1.54, 1.807) is 31.4 Å². The lowest BCUT2D eigenvalue weighted by Gasteiger charge is -2.20. The van der Waals surface area contributed by atoms with Gasteiger partial charge in [0.1, 0.15) is 5.75 Å². The van der Waals surface area contributed by atoms with E-state index in [1.807, 2.05) is 6.07 Å². The van der Waals surface area contributed by atoms with Gasteiger partial charge in [0, 0.05) is 12.5 Å². The molecule has 148 valence electrons.